The Morgan fingerprint density at radius 1 is 0.969 bits per heavy atom. The summed E-state index contributed by atoms with van der Waals surface area (Å²) in [5.74, 6) is -0.612. The molecule has 3 amide bonds. The summed E-state index contributed by atoms with van der Waals surface area (Å²) < 4.78 is 0. The lowest BCUT2D eigenvalue weighted by Gasteiger charge is -2.21. The van der Waals surface area contributed by atoms with Crippen molar-refractivity contribution in [1.29, 1.82) is 0 Å². The highest BCUT2D eigenvalue weighted by atomic mass is 16.2. The Hall–Kier alpha value is -3.41. The Labute approximate surface area is 188 Å². The maximum atomic E-state index is 13.5. The predicted octanol–water partition coefficient (Wildman–Crippen LogP) is 4.37. The number of hydrogen-bond donors (Lipinski definition) is 1. The summed E-state index contributed by atoms with van der Waals surface area (Å²) in [6.45, 7) is 4.70. The van der Waals surface area contributed by atoms with Crippen molar-refractivity contribution in [2.45, 2.75) is 46.0 Å². The van der Waals surface area contributed by atoms with Crippen LogP contribution in [-0.4, -0.2) is 35.7 Å². The number of hydrogen-bond acceptors (Lipinski definition) is 4. The molecule has 0 aliphatic carbocycles. The quantitative estimate of drug-likeness (QED) is 0.498. The summed E-state index contributed by atoms with van der Waals surface area (Å²) in [6, 6.07) is 15.2. The van der Waals surface area contributed by atoms with E-state index in [0.29, 0.717) is 35.6 Å². The summed E-state index contributed by atoms with van der Waals surface area (Å²) in [6.07, 6.45) is 4.84. The van der Waals surface area contributed by atoms with Crippen LogP contribution in [0, 0.1) is 0 Å². The minimum atomic E-state index is -0.238. The zero-order chi connectivity index (χ0) is 22.7. The van der Waals surface area contributed by atoms with Gasteiger partial charge in [-0.1, -0.05) is 56.5 Å². The van der Waals surface area contributed by atoms with Crippen LogP contribution in [0.3, 0.4) is 0 Å². The fourth-order valence-corrected chi connectivity index (χ4v) is 4.47. The molecule has 6 heteroatoms. The van der Waals surface area contributed by atoms with E-state index in [0.717, 1.165) is 37.8 Å². The smallest absolute Gasteiger partial charge is 0.278 e. The topological polar surface area (TPSA) is 69.7 Å². The minimum absolute atomic E-state index is 0.156. The van der Waals surface area contributed by atoms with Crippen LogP contribution in [0.5, 0.6) is 0 Å². The molecule has 0 aromatic heterocycles. The highest BCUT2D eigenvalue weighted by Gasteiger charge is 2.42. The van der Waals surface area contributed by atoms with Crippen molar-refractivity contribution >= 4 is 34.7 Å². The Bertz CT molecular complexity index is 1070. The number of carbonyl (C=O) groups excluding carboxylic acids is 3. The molecule has 32 heavy (non-hydrogen) atoms. The third kappa shape index (κ3) is 4.17. The maximum Gasteiger partial charge on any atom is 0.278 e. The largest absolute Gasteiger partial charge is 0.336 e. The second-order valence-electron chi connectivity index (χ2n) is 8.34. The molecule has 166 valence electrons. The zero-order valence-electron chi connectivity index (χ0n) is 18.7. The first-order chi connectivity index (χ1) is 15.5. The van der Waals surface area contributed by atoms with E-state index in [1.165, 1.54) is 17.4 Å². The molecule has 0 bridgehead atoms. The molecule has 2 aliphatic rings. The first-order valence-corrected chi connectivity index (χ1v) is 11.3. The lowest BCUT2D eigenvalue weighted by Crippen LogP contribution is -2.35. The van der Waals surface area contributed by atoms with E-state index in [4.69, 9.17) is 0 Å². The van der Waals surface area contributed by atoms with Gasteiger partial charge in [-0.3, -0.25) is 19.3 Å². The molecular weight excluding hydrogens is 402 g/mol. The molecule has 2 aliphatic heterocycles. The summed E-state index contributed by atoms with van der Waals surface area (Å²) in [7, 11) is 0. The number of rotatable bonds is 8. The third-order valence-electron chi connectivity index (χ3n) is 6.03. The van der Waals surface area contributed by atoms with E-state index < -0.39 is 0 Å². The average Bonchev–Trinajstić information content (AvgIpc) is 3.30. The van der Waals surface area contributed by atoms with Crippen LogP contribution in [0.4, 0.5) is 11.4 Å². The van der Waals surface area contributed by atoms with Gasteiger partial charge in [0.05, 0.1) is 5.57 Å². The number of carbonyl (C=O) groups is 3. The van der Waals surface area contributed by atoms with E-state index in [1.807, 2.05) is 23.1 Å². The number of anilines is 2. The fourth-order valence-electron chi connectivity index (χ4n) is 4.47. The summed E-state index contributed by atoms with van der Waals surface area (Å²) >= 11 is 0. The van der Waals surface area contributed by atoms with Gasteiger partial charge in [0.25, 0.3) is 11.8 Å². The van der Waals surface area contributed by atoms with Gasteiger partial charge in [-0.2, -0.15) is 0 Å². The molecule has 2 heterocycles. The molecule has 0 spiro atoms. The number of nitrogens with one attached hydrogen (secondary N) is 1. The molecule has 0 atom stereocenters. The van der Waals surface area contributed by atoms with Gasteiger partial charge in [-0.05, 0) is 42.2 Å². The molecule has 2 aromatic carbocycles. The van der Waals surface area contributed by atoms with Gasteiger partial charge in [-0.25, -0.2) is 0 Å². The first-order valence-electron chi connectivity index (χ1n) is 11.3. The second kappa shape index (κ2) is 9.39. The minimum Gasteiger partial charge on any atom is -0.336 e. The van der Waals surface area contributed by atoms with E-state index >= 15 is 0 Å². The fraction of sp³-hybridized carbons (Fsp3) is 0.346. The van der Waals surface area contributed by atoms with Crippen molar-refractivity contribution in [1.82, 2.24) is 4.90 Å². The Morgan fingerprint density at radius 2 is 1.72 bits per heavy atom. The van der Waals surface area contributed by atoms with Crippen LogP contribution in [0.25, 0.3) is 5.57 Å². The lowest BCUT2D eigenvalue weighted by molar-refractivity contribution is -0.137. The highest BCUT2D eigenvalue weighted by Crippen LogP contribution is 2.38. The van der Waals surface area contributed by atoms with Crippen LogP contribution in [0.2, 0.25) is 0 Å². The van der Waals surface area contributed by atoms with E-state index in [9.17, 15) is 14.4 Å². The molecule has 1 N–H and O–H groups in total. The number of imide groups is 1. The number of nitrogens with zero attached hydrogens (tertiary/aromatic N) is 2. The average molecular weight is 432 g/mol. The van der Waals surface area contributed by atoms with Gasteiger partial charge in [0.1, 0.15) is 5.70 Å². The maximum absolute atomic E-state index is 13.5. The van der Waals surface area contributed by atoms with Crippen molar-refractivity contribution in [3.05, 3.63) is 65.4 Å². The van der Waals surface area contributed by atoms with Crippen molar-refractivity contribution in [3.63, 3.8) is 0 Å². The molecule has 4 rings (SSSR count). The van der Waals surface area contributed by atoms with Crippen molar-refractivity contribution in [2.24, 2.45) is 0 Å². The third-order valence-corrected chi connectivity index (χ3v) is 6.03. The zero-order valence-corrected chi connectivity index (χ0v) is 18.7. The van der Waals surface area contributed by atoms with Crippen molar-refractivity contribution in [3.8, 4) is 0 Å². The highest BCUT2D eigenvalue weighted by molar-refractivity contribution is 6.36. The summed E-state index contributed by atoms with van der Waals surface area (Å²) in [4.78, 5) is 41.7. The predicted molar refractivity (Wildman–Crippen MR) is 126 cm³/mol. The van der Waals surface area contributed by atoms with Gasteiger partial charge in [0.2, 0.25) is 5.91 Å². The number of amides is 3. The SMILES string of the molecule is CCCCCCN1C(=O)C(c2ccc(NC(C)=O)cc2)=C(N2CCc3ccccc32)C1=O. The molecular formula is C26H29N3O3. The van der Waals surface area contributed by atoms with Crippen LogP contribution in [0.1, 0.15) is 50.7 Å². The van der Waals surface area contributed by atoms with E-state index in [1.54, 1.807) is 24.3 Å². The molecule has 0 saturated carbocycles. The number of fused-ring (bicyclic) bond motifs is 1. The number of benzene rings is 2. The molecule has 0 unspecified atom stereocenters. The molecule has 0 radical (unpaired) electrons. The standard InChI is InChI=1S/C26H29N3O3/c1-3-4-5-8-16-29-25(31)23(20-11-13-21(14-12-20)27-18(2)30)24(26(29)32)28-17-15-19-9-6-7-10-22(19)28/h6-7,9-14H,3-5,8,15-17H2,1-2H3,(H,27,30). The van der Waals surface area contributed by atoms with Gasteiger partial charge in [-0.15, -0.1) is 0 Å². The van der Waals surface area contributed by atoms with E-state index in [-0.39, 0.29) is 17.7 Å². The normalized spacial score (nSPS) is 15.6. The monoisotopic (exact) mass is 431 g/mol. The van der Waals surface area contributed by atoms with E-state index in [2.05, 4.69) is 18.3 Å². The second-order valence-corrected chi connectivity index (χ2v) is 8.34. The van der Waals surface area contributed by atoms with Crippen molar-refractivity contribution < 1.29 is 14.4 Å². The van der Waals surface area contributed by atoms with Crippen molar-refractivity contribution in [2.75, 3.05) is 23.3 Å². The van der Waals surface area contributed by atoms with Crippen LogP contribution >= 0.6 is 0 Å². The number of para-hydroxylation sites is 1. The molecule has 0 saturated heterocycles. The molecule has 6 nitrogen and oxygen atoms in total. The Morgan fingerprint density at radius 3 is 2.44 bits per heavy atom. The van der Waals surface area contributed by atoms with Crippen LogP contribution < -0.4 is 10.2 Å². The van der Waals surface area contributed by atoms with Gasteiger partial charge < -0.3 is 10.2 Å². The van der Waals surface area contributed by atoms with Crippen LogP contribution in [-0.2, 0) is 20.8 Å². The van der Waals surface area contributed by atoms with Gasteiger partial charge >= 0.3 is 0 Å². The number of unbranched alkanes of at least 4 members (excludes halogenated alkanes) is 3. The Balaban J connectivity index is 1.71. The summed E-state index contributed by atoms with van der Waals surface area (Å²) in [5, 5.41) is 2.74. The lowest BCUT2D eigenvalue weighted by atomic mass is 10.0. The van der Waals surface area contributed by atoms with Gasteiger partial charge in [0.15, 0.2) is 0 Å². The molecule has 0 fully saturated rings. The van der Waals surface area contributed by atoms with Gasteiger partial charge in [0, 0.05) is 31.4 Å². The molecule has 2 aromatic rings. The van der Waals surface area contributed by atoms with Crippen LogP contribution in [0.15, 0.2) is 54.2 Å². The Kier molecular flexibility index (Phi) is 6.40. The first kappa shape index (κ1) is 21.8. The summed E-state index contributed by atoms with van der Waals surface area (Å²) in [5.41, 5.74) is 4.42.